The van der Waals surface area contributed by atoms with E-state index in [1.54, 1.807) is 5.57 Å². The summed E-state index contributed by atoms with van der Waals surface area (Å²) in [7, 11) is 0. The normalized spacial score (nSPS) is 13.0. The van der Waals surface area contributed by atoms with E-state index in [0.29, 0.717) is 0 Å². The van der Waals surface area contributed by atoms with Crippen LogP contribution in [-0.2, 0) is 4.74 Å². The zero-order valence-corrected chi connectivity index (χ0v) is 23.0. The van der Waals surface area contributed by atoms with Crippen molar-refractivity contribution in [3.05, 3.63) is 24.0 Å². The number of ether oxygens (including phenoxy) is 1. The van der Waals surface area contributed by atoms with Gasteiger partial charge in [-0.15, -0.1) is 6.58 Å². The Labute approximate surface area is 213 Å². The summed E-state index contributed by atoms with van der Waals surface area (Å²) in [5.74, 6) is 1.35. The molecule has 34 heavy (non-hydrogen) atoms. The summed E-state index contributed by atoms with van der Waals surface area (Å²) < 4.78 is 6.20. The van der Waals surface area contributed by atoms with Gasteiger partial charge in [-0.3, -0.25) is 0 Å². The van der Waals surface area contributed by atoms with Gasteiger partial charge >= 0.3 is 0 Å². The van der Waals surface area contributed by atoms with Gasteiger partial charge in [0.05, 0.1) is 19.0 Å². The molecule has 0 bridgehead atoms. The molecule has 0 radical (unpaired) electrons. The fourth-order valence-electron chi connectivity index (χ4n) is 4.73. The monoisotopic (exact) mass is 477 g/mol. The molecule has 0 aromatic heterocycles. The topological polar surface area (TPSA) is 32.7 Å². The van der Waals surface area contributed by atoms with Gasteiger partial charge < -0.3 is 14.7 Å². The van der Waals surface area contributed by atoms with Crippen molar-refractivity contribution < 1.29 is 9.84 Å². The van der Waals surface area contributed by atoms with E-state index in [-0.39, 0.29) is 6.61 Å². The summed E-state index contributed by atoms with van der Waals surface area (Å²) >= 11 is 0. The van der Waals surface area contributed by atoms with E-state index < -0.39 is 0 Å². The molecule has 0 aromatic carbocycles. The second kappa shape index (κ2) is 23.9. The first-order chi connectivity index (χ1) is 16.8. The number of aliphatic hydroxyl groups is 1. The van der Waals surface area contributed by atoms with E-state index >= 15 is 0 Å². The Hall–Kier alpha value is -0.800. The number of unbranched alkanes of at least 4 members (excludes halogenated alkanes) is 15. The lowest BCUT2D eigenvalue weighted by Crippen LogP contribution is -2.29. The number of hydrogen-bond donors (Lipinski definition) is 1. The molecule has 200 valence electrons. The van der Waals surface area contributed by atoms with Crippen LogP contribution in [0.15, 0.2) is 24.0 Å². The van der Waals surface area contributed by atoms with Crippen molar-refractivity contribution in [1.29, 1.82) is 0 Å². The zero-order valence-electron chi connectivity index (χ0n) is 23.0. The number of rotatable bonds is 27. The fraction of sp³-hybridized carbons (Fsp3) is 0.871. The van der Waals surface area contributed by atoms with Crippen LogP contribution in [-0.4, -0.2) is 42.9 Å². The van der Waals surface area contributed by atoms with Crippen LogP contribution in [0.3, 0.4) is 0 Å². The predicted molar refractivity (Wildman–Crippen MR) is 149 cm³/mol. The number of allylic oxidation sites excluding steroid dienone is 3. The molecule has 0 saturated heterocycles. The standard InChI is InChI=1S/C31H59NO2/c1-3-5-7-9-11-15-19-25-32(27-28-33)26-20-16-13-14-18-22-31(30-23-24-30)34-29-21-17-12-10-8-6-4-2/h3,33H,1,4-29H2,2H3. The zero-order chi connectivity index (χ0) is 24.5. The third kappa shape index (κ3) is 19.5. The Morgan fingerprint density at radius 1 is 0.765 bits per heavy atom. The Kier molecular flexibility index (Phi) is 22.0. The molecular formula is C31H59NO2. The average molecular weight is 478 g/mol. The third-order valence-corrected chi connectivity index (χ3v) is 7.10. The van der Waals surface area contributed by atoms with Crippen LogP contribution in [0.2, 0.25) is 0 Å². The molecule has 0 heterocycles. The van der Waals surface area contributed by atoms with Gasteiger partial charge in [-0.25, -0.2) is 0 Å². The molecule has 0 amide bonds. The molecule has 0 unspecified atom stereocenters. The van der Waals surface area contributed by atoms with Crippen molar-refractivity contribution >= 4 is 0 Å². The molecule has 1 aliphatic rings. The summed E-state index contributed by atoms with van der Waals surface area (Å²) in [4.78, 5) is 2.47. The van der Waals surface area contributed by atoms with Gasteiger partial charge in [-0.1, -0.05) is 90.0 Å². The highest BCUT2D eigenvalue weighted by atomic mass is 16.5. The maximum Gasteiger partial charge on any atom is 0.0951 e. The minimum atomic E-state index is 0.287. The van der Waals surface area contributed by atoms with Gasteiger partial charge in [0.2, 0.25) is 0 Å². The molecule has 0 aliphatic heterocycles. The molecule has 1 aliphatic carbocycles. The molecule has 1 saturated carbocycles. The van der Waals surface area contributed by atoms with Gasteiger partial charge in [0, 0.05) is 13.0 Å². The predicted octanol–water partition coefficient (Wildman–Crippen LogP) is 8.96. The molecule has 0 aromatic rings. The molecule has 3 heteroatoms. The van der Waals surface area contributed by atoms with Crippen molar-refractivity contribution in [3.63, 3.8) is 0 Å². The van der Waals surface area contributed by atoms with Crippen LogP contribution in [0.5, 0.6) is 0 Å². The van der Waals surface area contributed by atoms with E-state index in [1.165, 1.54) is 128 Å². The first-order valence-corrected chi connectivity index (χ1v) is 15.1. The van der Waals surface area contributed by atoms with Crippen molar-refractivity contribution in [2.24, 2.45) is 0 Å². The highest BCUT2D eigenvalue weighted by molar-refractivity contribution is 5.21. The smallest absolute Gasteiger partial charge is 0.0951 e. The van der Waals surface area contributed by atoms with Crippen molar-refractivity contribution in [1.82, 2.24) is 4.90 Å². The number of aliphatic hydroxyl groups excluding tert-OH is 1. The molecule has 1 N–H and O–H groups in total. The van der Waals surface area contributed by atoms with E-state index in [4.69, 9.17) is 4.74 Å². The Bertz CT molecular complexity index is 482. The van der Waals surface area contributed by atoms with Crippen LogP contribution in [0.25, 0.3) is 0 Å². The second-order valence-corrected chi connectivity index (χ2v) is 10.4. The van der Waals surface area contributed by atoms with Crippen LogP contribution in [0.4, 0.5) is 0 Å². The van der Waals surface area contributed by atoms with Crippen LogP contribution < -0.4 is 0 Å². The van der Waals surface area contributed by atoms with E-state index in [2.05, 4.69) is 18.4 Å². The number of nitrogens with zero attached hydrogens (tertiary/aromatic N) is 1. The molecular weight excluding hydrogens is 418 g/mol. The third-order valence-electron chi connectivity index (χ3n) is 7.10. The highest BCUT2D eigenvalue weighted by Gasteiger charge is 2.18. The van der Waals surface area contributed by atoms with Crippen molar-refractivity contribution in [2.45, 2.75) is 142 Å². The van der Waals surface area contributed by atoms with Crippen LogP contribution in [0, 0.1) is 0 Å². The minimum absolute atomic E-state index is 0.287. The van der Waals surface area contributed by atoms with Gasteiger partial charge in [0.25, 0.3) is 0 Å². The number of hydrogen-bond acceptors (Lipinski definition) is 3. The molecule has 1 rings (SSSR count). The van der Waals surface area contributed by atoms with E-state index in [1.807, 2.05) is 6.08 Å². The highest BCUT2D eigenvalue weighted by Crippen LogP contribution is 2.34. The Morgan fingerprint density at radius 2 is 1.32 bits per heavy atom. The first-order valence-electron chi connectivity index (χ1n) is 15.1. The summed E-state index contributed by atoms with van der Waals surface area (Å²) in [6.07, 6.45) is 29.4. The molecule has 1 fully saturated rings. The summed E-state index contributed by atoms with van der Waals surface area (Å²) in [6.45, 7) is 10.4. The van der Waals surface area contributed by atoms with E-state index in [0.717, 1.165) is 39.1 Å². The SMILES string of the molecule is C=CCCCCCCCN(CCO)CCCCCCCC(OCCCCCCCCC)=C1CC1. The quantitative estimate of drug-likeness (QED) is 0.0728. The lowest BCUT2D eigenvalue weighted by atomic mass is 10.1. The lowest BCUT2D eigenvalue weighted by molar-refractivity contribution is 0.189. The minimum Gasteiger partial charge on any atom is -0.498 e. The first kappa shape index (κ1) is 31.2. The molecule has 0 spiro atoms. The van der Waals surface area contributed by atoms with Gasteiger partial charge in [-0.05, 0) is 70.0 Å². The Balaban J connectivity index is 1.99. The van der Waals surface area contributed by atoms with Gasteiger partial charge in [-0.2, -0.15) is 0 Å². The average Bonchev–Trinajstić information content (AvgIpc) is 3.68. The summed E-state index contributed by atoms with van der Waals surface area (Å²) in [6, 6.07) is 0. The fourth-order valence-corrected chi connectivity index (χ4v) is 4.73. The summed E-state index contributed by atoms with van der Waals surface area (Å²) in [5, 5.41) is 9.38. The Morgan fingerprint density at radius 3 is 1.91 bits per heavy atom. The maximum absolute atomic E-state index is 9.38. The second-order valence-electron chi connectivity index (χ2n) is 10.4. The lowest BCUT2D eigenvalue weighted by Gasteiger charge is -2.21. The molecule has 0 atom stereocenters. The van der Waals surface area contributed by atoms with E-state index in [9.17, 15) is 5.11 Å². The van der Waals surface area contributed by atoms with Crippen molar-refractivity contribution in [3.8, 4) is 0 Å². The van der Waals surface area contributed by atoms with Crippen LogP contribution >= 0.6 is 0 Å². The van der Waals surface area contributed by atoms with Gasteiger partial charge in [0.15, 0.2) is 0 Å². The largest absolute Gasteiger partial charge is 0.498 e. The summed E-state index contributed by atoms with van der Waals surface area (Å²) in [5.41, 5.74) is 1.60. The van der Waals surface area contributed by atoms with Crippen LogP contribution in [0.1, 0.15) is 142 Å². The molecule has 3 nitrogen and oxygen atoms in total. The maximum atomic E-state index is 9.38. The van der Waals surface area contributed by atoms with Crippen molar-refractivity contribution in [2.75, 3.05) is 32.8 Å². The van der Waals surface area contributed by atoms with Gasteiger partial charge in [0.1, 0.15) is 0 Å².